The van der Waals surface area contributed by atoms with Crippen molar-refractivity contribution in [2.75, 3.05) is 42.6 Å². The third-order valence-corrected chi connectivity index (χ3v) is 11.2. The predicted octanol–water partition coefficient (Wildman–Crippen LogP) is 4.95. The number of β-amino-alcohol motifs (C(OH)–C–C–N with tert-alkyl or cyclic N) is 1. The lowest BCUT2D eigenvalue weighted by Gasteiger charge is -2.38. The van der Waals surface area contributed by atoms with Crippen molar-refractivity contribution in [3.05, 3.63) is 78.9 Å². The highest BCUT2D eigenvalue weighted by molar-refractivity contribution is 8.02. The highest BCUT2D eigenvalue weighted by Crippen LogP contribution is 2.71. The molecule has 3 aliphatic rings. The van der Waals surface area contributed by atoms with Gasteiger partial charge in [-0.2, -0.15) is 0 Å². The first-order chi connectivity index (χ1) is 20.7. The molecule has 10 heteroatoms. The van der Waals surface area contributed by atoms with Crippen LogP contribution in [-0.2, 0) is 14.4 Å². The Hall–Kier alpha value is -3.27. The maximum absolute atomic E-state index is 14.6. The summed E-state index contributed by atoms with van der Waals surface area (Å²) in [6, 6.07) is 13.5. The standard InChI is InChI=1S/C33H38ClN3O5S/c1-5-18-35(22-12-14-23(15-13-22)42-7-3)29(39)26-27-30(40)37(20-21-38)28(33(27)17-16-32(26,4)43-33)31(41)36(19-6-2)25-11-9-8-10-24(25)34/h5-6,8-15,26-28,38H,1-2,7,16-21H2,3-4H3/t26-,27-,28?,32+,33?/m0/s1. The van der Waals surface area contributed by atoms with Crippen LogP contribution >= 0.6 is 23.4 Å². The third-order valence-electron chi connectivity index (χ3n) is 8.88. The van der Waals surface area contributed by atoms with Crippen LogP contribution in [-0.4, -0.2) is 76.1 Å². The number of fused-ring (bicyclic) bond motifs is 1. The van der Waals surface area contributed by atoms with Crippen LogP contribution in [0, 0.1) is 11.8 Å². The van der Waals surface area contributed by atoms with E-state index in [-0.39, 0.29) is 44.0 Å². The Labute approximate surface area is 262 Å². The first-order valence-electron chi connectivity index (χ1n) is 14.6. The van der Waals surface area contributed by atoms with E-state index in [9.17, 15) is 19.5 Å². The van der Waals surface area contributed by atoms with E-state index in [0.29, 0.717) is 41.6 Å². The molecule has 2 unspecified atom stereocenters. The van der Waals surface area contributed by atoms with E-state index in [4.69, 9.17) is 16.3 Å². The molecule has 3 amide bonds. The fourth-order valence-corrected chi connectivity index (χ4v) is 9.77. The largest absolute Gasteiger partial charge is 0.494 e. The van der Waals surface area contributed by atoms with Crippen molar-refractivity contribution in [1.29, 1.82) is 0 Å². The van der Waals surface area contributed by atoms with Gasteiger partial charge in [0.1, 0.15) is 11.8 Å². The monoisotopic (exact) mass is 623 g/mol. The van der Waals surface area contributed by atoms with Crippen LogP contribution in [0.1, 0.15) is 26.7 Å². The number of aliphatic hydroxyl groups excluding tert-OH is 1. The number of aliphatic hydroxyl groups is 1. The number of rotatable bonds is 12. The molecule has 8 nitrogen and oxygen atoms in total. The maximum atomic E-state index is 14.6. The quantitative estimate of drug-likeness (QED) is 0.337. The Morgan fingerprint density at radius 3 is 2.40 bits per heavy atom. The zero-order chi connectivity index (χ0) is 30.9. The normalized spacial score (nSPS) is 27.1. The van der Waals surface area contributed by atoms with E-state index in [1.165, 1.54) is 4.90 Å². The second kappa shape index (κ2) is 12.4. The van der Waals surface area contributed by atoms with Crippen molar-refractivity contribution in [2.24, 2.45) is 11.8 Å². The number of para-hydroxylation sites is 1. The van der Waals surface area contributed by atoms with E-state index in [0.717, 1.165) is 0 Å². The van der Waals surface area contributed by atoms with Gasteiger partial charge in [0.05, 0.1) is 40.5 Å². The van der Waals surface area contributed by atoms with Gasteiger partial charge in [0, 0.05) is 30.1 Å². The molecule has 5 rings (SSSR count). The number of anilines is 2. The average molecular weight is 624 g/mol. The van der Waals surface area contributed by atoms with E-state index in [1.54, 1.807) is 58.0 Å². The second-order valence-electron chi connectivity index (χ2n) is 11.3. The van der Waals surface area contributed by atoms with Crippen molar-refractivity contribution in [3.63, 3.8) is 0 Å². The number of hydrogen-bond donors (Lipinski definition) is 1. The van der Waals surface area contributed by atoms with Crippen LogP contribution in [0.4, 0.5) is 11.4 Å². The number of benzene rings is 2. The number of amides is 3. The number of likely N-dealkylation sites (tertiary alicyclic amines) is 1. The van der Waals surface area contributed by atoms with E-state index >= 15 is 0 Å². The van der Waals surface area contributed by atoms with Gasteiger partial charge in [0.25, 0.3) is 5.91 Å². The Balaban J connectivity index is 1.56. The molecule has 0 aromatic heterocycles. The molecule has 3 fully saturated rings. The van der Waals surface area contributed by atoms with Crippen molar-refractivity contribution in [2.45, 2.75) is 42.2 Å². The van der Waals surface area contributed by atoms with Crippen molar-refractivity contribution < 1.29 is 24.2 Å². The zero-order valence-corrected chi connectivity index (χ0v) is 26.2. The molecule has 0 radical (unpaired) electrons. The summed E-state index contributed by atoms with van der Waals surface area (Å²) < 4.78 is 4.19. The molecule has 228 valence electrons. The minimum Gasteiger partial charge on any atom is -0.494 e. The summed E-state index contributed by atoms with van der Waals surface area (Å²) in [5, 5.41) is 10.4. The maximum Gasteiger partial charge on any atom is 0.251 e. The van der Waals surface area contributed by atoms with E-state index in [1.807, 2.05) is 38.1 Å². The SMILES string of the molecule is C=CCN(C(=O)[C@@H]1[C@H]2C(=O)N(CCO)C(C(=O)N(CC=C)c3ccccc3Cl)C23CC[C@@]1(C)S3)c1ccc(OCC)cc1. The van der Waals surface area contributed by atoms with Crippen LogP contribution in [0.5, 0.6) is 5.75 Å². The van der Waals surface area contributed by atoms with Crippen LogP contribution in [0.2, 0.25) is 5.02 Å². The molecule has 3 saturated heterocycles. The minimum absolute atomic E-state index is 0.00854. The topological polar surface area (TPSA) is 90.4 Å². The Kier molecular flexibility index (Phi) is 8.97. The molecule has 2 aromatic rings. The summed E-state index contributed by atoms with van der Waals surface area (Å²) in [4.78, 5) is 48.2. The number of nitrogens with zero attached hydrogens (tertiary/aromatic N) is 3. The van der Waals surface area contributed by atoms with Crippen molar-refractivity contribution in [1.82, 2.24) is 4.90 Å². The summed E-state index contributed by atoms with van der Waals surface area (Å²) in [6.45, 7) is 12.3. The number of hydrogen-bond acceptors (Lipinski definition) is 6. The molecule has 2 aromatic carbocycles. The highest BCUT2D eigenvalue weighted by Gasteiger charge is 2.77. The van der Waals surface area contributed by atoms with Crippen molar-refractivity contribution >= 4 is 52.5 Å². The molecule has 0 aliphatic carbocycles. The van der Waals surface area contributed by atoms with Gasteiger partial charge in [-0.25, -0.2) is 0 Å². The van der Waals surface area contributed by atoms with Gasteiger partial charge in [0.15, 0.2) is 0 Å². The van der Waals surface area contributed by atoms with Crippen LogP contribution in [0.3, 0.4) is 0 Å². The summed E-state index contributed by atoms with van der Waals surface area (Å²) in [7, 11) is 0. The molecule has 1 spiro atoms. The fourth-order valence-electron chi connectivity index (χ4n) is 7.19. The third kappa shape index (κ3) is 5.15. The van der Waals surface area contributed by atoms with E-state index in [2.05, 4.69) is 13.2 Å². The molecular weight excluding hydrogens is 586 g/mol. The lowest BCUT2D eigenvalue weighted by molar-refractivity contribution is -0.140. The van der Waals surface area contributed by atoms with Gasteiger partial charge in [-0.3, -0.25) is 14.4 Å². The second-order valence-corrected chi connectivity index (χ2v) is 13.6. The van der Waals surface area contributed by atoms with Gasteiger partial charge in [-0.05, 0) is 63.1 Å². The number of halogens is 1. The summed E-state index contributed by atoms with van der Waals surface area (Å²) in [6.07, 6.45) is 4.57. The number of carbonyl (C=O) groups excluding carboxylic acids is 3. The smallest absolute Gasteiger partial charge is 0.251 e. The minimum atomic E-state index is -0.878. The Morgan fingerprint density at radius 2 is 1.77 bits per heavy atom. The lowest BCUT2D eigenvalue weighted by atomic mass is 9.66. The average Bonchev–Trinajstić information content (AvgIpc) is 3.56. The lowest BCUT2D eigenvalue weighted by Crippen LogP contribution is -2.55. The van der Waals surface area contributed by atoms with Gasteiger partial charge in [-0.1, -0.05) is 35.9 Å². The number of ether oxygens (including phenoxy) is 1. The van der Waals surface area contributed by atoms with Crippen LogP contribution in [0.25, 0.3) is 0 Å². The molecule has 0 saturated carbocycles. The number of carbonyl (C=O) groups is 3. The Morgan fingerprint density at radius 1 is 1.09 bits per heavy atom. The molecule has 3 heterocycles. The van der Waals surface area contributed by atoms with Crippen LogP contribution < -0.4 is 14.5 Å². The highest BCUT2D eigenvalue weighted by atomic mass is 35.5. The summed E-state index contributed by atoms with van der Waals surface area (Å²) >= 11 is 8.13. The number of thioether (sulfide) groups is 1. The summed E-state index contributed by atoms with van der Waals surface area (Å²) in [5.41, 5.74) is 1.20. The predicted molar refractivity (Wildman–Crippen MR) is 172 cm³/mol. The molecule has 5 atom stereocenters. The van der Waals surface area contributed by atoms with Crippen molar-refractivity contribution in [3.8, 4) is 5.75 Å². The first kappa shape index (κ1) is 31.2. The van der Waals surface area contributed by atoms with Crippen LogP contribution in [0.15, 0.2) is 73.8 Å². The first-order valence-corrected chi connectivity index (χ1v) is 15.8. The molecular formula is C33H38ClN3O5S. The fraction of sp³-hybridized carbons (Fsp3) is 0.424. The van der Waals surface area contributed by atoms with Gasteiger partial charge < -0.3 is 24.5 Å². The molecule has 3 aliphatic heterocycles. The van der Waals surface area contributed by atoms with Gasteiger partial charge in [0.2, 0.25) is 11.8 Å². The molecule has 1 N–H and O–H groups in total. The molecule has 43 heavy (non-hydrogen) atoms. The Bertz CT molecular complexity index is 1420. The summed E-state index contributed by atoms with van der Waals surface area (Å²) in [5.74, 6) is -1.44. The molecule has 2 bridgehead atoms. The van der Waals surface area contributed by atoms with Gasteiger partial charge in [-0.15, -0.1) is 24.9 Å². The van der Waals surface area contributed by atoms with Gasteiger partial charge >= 0.3 is 0 Å². The van der Waals surface area contributed by atoms with E-state index < -0.39 is 27.4 Å². The zero-order valence-electron chi connectivity index (χ0n) is 24.6.